The summed E-state index contributed by atoms with van der Waals surface area (Å²) in [5.41, 5.74) is 4.72. The summed E-state index contributed by atoms with van der Waals surface area (Å²) >= 11 is 0. The molecule has 192 valence electrons. The lowest BCUT2D eigenvalue weighted by molar-refractivity contribution is 0.558. The van der Waals surface area contributed by atoms with E-state index in [1.54, 1.807) is 48.9 Å². The van der Waals surface area contributed by atoms with Crippen molar-refractivity contribution in [3.63, 3.8) is 0 Å². The molecule has 6 rings (SSSR count). The van der Waals surface area contributed by atoms with E-state index >= 15 is 0 Å². The minimum Gasteiger partial charge on any atom is -0.455 e. The van der Waals surface area contributed by atoms with Crippen LogP contribution in [0.15, 0.2) is 106 Å². The lowest BCUT2D eigenvalue weighted by atomic mass is 9.97. The summed E-state index contributed by atoms with van der Waals surface area (Å²) in [5, 5.41) is 3.88. The molecule has 1 N–H and O–H groups in total. The number of aryl methyl sites for hydroxylation is 1. The van der Waals surface area contributed by atoms with Gasteiger partial charge >= 0.3 is 0 Å². The van der Waals surface area contributed by atoms with Gasteiger partial charge in [-0.2, -0.15) is 0 Å². The van der Waals surface area contributed by atoms with Crippen molar-refractivity contribution in [2.45, 2.75) is 19.9 Å². The quantitative estimate of drug-likeness (QED) is 0.249. The summed E-state index contributed by atoms with van der Waals surface area (Å²) < 4.78 is 26.4. The van der Waals surface area contributed by atoms with Gasteiger partial charge in [-0.05, 0) is 61.9 Å². The number of nitrogens with one attached hydrogen (secondary N) is 1. The highest BCUT2D eigenvalue weighted by atomic mass is 19.1. The summed E-state index contributed by atoms with van der Waals surface area (Å²) in [7, 11) is 0. The fraction of sp³-hybridized carbons (Fsp3) is 0.0968. The van der Waals surface area contributed by atoms with Gasteiger partial charge in [0.05, 0.1) is 28.4 Å². The van der Waals surface area contributed by atoms with Crippen LogP contribution in [0, 0.1) is 12.7 Å². The van der Waals surface area contributed by atoms with Crippen LogP contribution in [-0.2, 0) is 0 Å². The molecule has 0 fully saturated rings. The monoisotopic (exact) mass is 518 g/mol. The molecule has 0 radical (unpaired) electrons. The highest BCUT2D eigenvalue weighted by molar-refractivity contribution is 5.90. The largest absolute Gasteiger partial charge is 0.455 e. The van der Waals surface area contributed by atoms with Crippen molar-refractivity contribution < 1.29 is 13.2 Å². The third-order valence-electron chi connectivity index (χ3n) is 6.55. The maximum atomic E-state index is 14.6. The second-order valence-electron chi connectivity index (χ2n) is 9.23. The molecule has 1 atom stereocenters. The molecule has 0 saturated heterocycles. The topological polar surface area (TPSA) is 94.1 Å². The lowest BCUT2D eigenvalue weighted by Crippen LogP contribution is -2.13. The van der Waals surface area contributed by atoms with Crippen molar-refractivity contribution in [3.8, 4) is 33.8 Å². The fourth-order valence-electron chi connectivity index (χ4n) is 4.77. The minimum absolute atomic E-state index is 0.227. The molecule has 1 unspecified atom stereocenters. The number of pyridine rings is 2. The Morgan fingerprint density at radius 1 is 1.00 bits per heavy atom. The van der Waals surface area contributed by atoms with Crippen molar-refractivity contribution in [3.05, 3.63) is 119 Å². The van der Waals surface area contributed by atoms with E-state index in [0.29, 0.717) is 50.5 Å². The lowest BCUT2D eigenvalue weighted by Gasteiger charge is -2.20. The van der Waals surface area contributed by atoms with Crippen LogP contribution in [-0.4, -0.2) is 15.0 Å². The maximum Gasteiger partial charge on any atom is 0.202 e. The highest BCUT2D eigenvalue weighted by Gasteiger charge is 2.24. The average molecular weight is 519 g/mol. The van der Waals surface area contributed by atoms with Crippen LogP contribution in [0.5, 0.6) is 0 Å². The number of fused-ring (bicyclic) bond motifs is 1. The normalized spacial score (nSPS) is 12.0. The zero-order valence-electron chi connectivity index (χ0n) is 21.2. The molecule has 0 aliphatic heterocycles. The molecule has 7 nitrogen and oxygen atoms in total. The van der Waals surface area contributed by atoms with Crippen LogP contribution in [0.3, 0.4) is 0 Å². The van der Waals surface area contributed by atoms with E-state index in [1.165, 1.54) is 18.7 Å². The molecule has 0 amide bonds. The first kappa shape index (κ1) is 24.2. The number of rotatable bonds is 6. The molecule has 6 aromatic rings. The Morgan fingerprint density at radius 2 is 1.85 bits per heavy atom. The fourth-order valence-corrected chi connectivity index (χ4v) is 4.77. The molecule has 4 aromatic heterocycles. The number of halogens is 1. The molecule has 2 aromatic carbocycles. The predicted molar refractivity (Wildman–Crippen MR) is 148 cm³/mol. The third-order valence-corrected chi connectivity index (χ3v) is 6.55. The zero-order chi connectivity index (χ0) is 26.9. The van der Waals surface area contributed by atoms with Crippen LogP contribution in [0.25, 0.3) is 44.8 Å². The maximum absolute atomic E-state index is 14.6. The first-order valence-corrected chi connectivity index (χ1v) is 12.4. The number of hydrogen-bond acceptors (Lipinski definition) is 7. The first-order valence-electron chi connectivity index (χ1n) is 12.4. The number of benzene rings is 2. The van der Waals surface area contributed by atoms with Crippen LogP contribution >= 0.6 is 0 Å². The van der Waals surface area contributed by atoms with Crippen molar-refractivity contribution in [1.82, 2.24) is 15.0 Å². The Bertz CT molecular complexity index is 1850. The van der Waals surface area contributed by atoms with E-state index in [-0.39, 0.29) is 17.3 Å². The van der Waals surface area contributed by atoms with Gasteiger partial charge in [0.25, 0.3) is 0 Å². The zero-order valence-corrected chi connectivity index (χ0v) is 21.2. The Hall–Kier alpha value is -5.11. The van der Waals surface area contributed by atoms with Gasteiger partial charge in [-0.15, -0.1) is 0 Å². The molecular formula is C31H23FN4O3. The average Bonchev–Trinajstić information content (AvgIpc) is 3.49. The summed E-state index contributed by atoms with van der Waals surface area (Å²) in [6, 6.07) is 17.2. The van der Waals surface area contributed by atoms with E-state index in [1.807, 2.05) is 38.1 Å². The number of aromatic nitrogens is 3. The molecule has 0 aliphatic carbocycles. The summed E-state index contributed by atoms with van der Waals surface area (Å²) in [4.78, 5) is 26.8. The van der Waals surface area contributed by atoms with E-state index in [9.17, 15) is 9.18 Å². The minimum atomic E-state index is -0.361. The van der Waals surface area contributed by atoms with Crippen LogP contribution in [0.2, 0.25) is 0 Å². The number of hydrogen-bond donors (Lipinski definition) is 1. The second kappa shape index (κ2) is 9.98. The molecule has 0 bridgehead atoms. The van der Waals surface area contributed by atoms with Gasteiger partial charge in [0.1, 0.15) is 29.1 Å². The highest BCUT2D eigenvalue weighted by Crippen LogP contribution is 2.36. The Balaban J connectivity index is 1.53. The number of oxazole rings is 1. The van der Waals surface area contributed by atoms with Crippen molar-refractivity contribution in [1.29, 1.82) is 0 Å². The molecule has 4 heterocycles. The van der Waals surface area contributed by atoms with Gasteiger partial charge in [0, 0.05) is 35.3 Å². The molecule has 0 saturated carbocycles. The smallest absolute Gasteiger partial charge is 0.202 e. The molecule has 39 heavy (non-hydrogen) atoms. The van der Waals surface area contributed by atoms with E-state index in [0.717, 1.165) is 11.1 Å². The van der Waals surface area contributed by atoms with Gasteiger partial charge in [0.15, 0.2) is 6.39 Å². The molecule has 8 heteroatoms. The van der Waals surface area contributed by atoms with E-state index in [4.69, 9.17) is 8.83 Å². The van der Waals surface area contributed by atoms with Gasteiger partial charge in [-0.3, -0.25) is 14.8 Å². The van der Waals surface area contributed by atoms with E-state index in [2.05, 4.69) is 20.3 Å². The van der Waals surface area contributed by atoms with Crippen LogP contribution < -0.4 is 10.7 Å². The Kier molecular flexibility index (Phi) is 6.20. The second-order valence-corrected chi connectivity index (χ2v) is 9.23. The van der Waals surface area contributed by atoms with Gasteiger partial charge in [-0.1, -0.05) is 18.2 Å². The summed E-state index contributed by atoms with van der Waals surface area (Å²) in [6.07, 6.45) is 7.62. The van der Waals surface area contributed by atoms with Gasteiger partial charge in [-0.25, -0.2) is 9.37 Å². The van der Waals surface area contributed by atoms with Crippen LogP contribution in [0.4, 0.5) is 10.1 Å². The Labute approximate surface area is 223 Å². The molecular weight excluding hydrogens is 495 g/mol. The van der Waals surface area contributed by atoms with Crippen molar-refractivity contribution >= 4 is 16.7 Å². The van der Waals surface area contributed by atoms with Gasteiger partial charge < -0.3 is 14.2 Å². The predicted octanol–water partition coefficient (Wildman–Crippen LogP) is 7.19. The summed E-state index contributed by atoms with van der Waals surface area (Å²) in [6.45, 7) is 3.89. The Morgan fingerprint density at radius 3 is 2.62 bits per heavy atom. The van der Waals surface area contributed by atoms with Crippen molar-refractivity contribution in [2.24, 2.45) is 0 Å². The third kappa shape index (κ3) is 4.46. The molecule has 0 aliphatic rings. The number of nitrogens with zero attached hydrogens (tertiary/aromatic N) is 3. The van der Waals surface area contributed by atoms with Crippen LogP contribution in [0.1, 0.15) is 24.1 Å². The standard InChI is InChI=1S/C31H23FN4O3/c1-18-13-22(19(2)36-25-10-6-12-34-28(25)21-8-3-4-9-24(21)32)31-23(14-18)29(37)27(26-16-38-17-35-26)30(39-31)20-7-5-11-33-15-20/h3-17,19,36H,1-2H3. The van der Waals surface area contributed by atoms with E-state index < -0.39 is 0 Å². The molecule has 0 spiro atoms. The summed E-state index contributed by atoms with van der Waals surface area (Å²) in [5.74, 6) is -0.0133. The van der Waals surface area contributed by atoms with Gasteiger partial charge in [0.2, 0.25) is 5.43 Å². The van der Waals surface area contributed by atoms with Crippen molar-refractivity contribution in [2.75, 3.05) is 5.32 Å². The SMILES string of the molecule is Cc1cc(C(C)Nc2cccnc2-c2ccccc2F)c2oc(-c3cccnc3)c(-c3cocn3)c(=O)c2c1. The number of anilines is 1. The first-order chi connectivity index (χ1) is 19.0.